The smallest absolute Gasteiger partial charge is 0.322 e. The van der Waals surface area contributed by atoms with Gasteiger partial charge in [-0.05, 0) is 13.1 Å². The summed E-state index contributed by atoms with van der Waals surface area (Å²) in [4.78, 5) is 18.5. The van der Waals surface area contributed by atoms with E-state index in [1.807, 2.05) is 7.05 Å². The third-order valence-corrected chi connectivity index (χ3v) is 2.63. The van der Waals surface area contributed by atoms with Gasteiger partial charge in [0.15, 0.2) is 0 Å². The van der Waals surface area contributed by atoms with Crippen LogP contribution in [0.4, 0.5) is 5.69 Å². The molecule has 1 heterocycles. The van der Waals surface area contributed by atoms with Crippen molar-refractivity contribution >= 4 is 5.69 Å². The second-order valence-corrected chi connectivity index (χ2v) is 4.10. The molecular weight excluding hydrogens is 276 g/mol. The Balaban J connectivity index is 2.26. The average Bonchev–Trinajstić information content (AvgIpc) is 2.49. The second-order valence-electron chi connectivity index (χ2n) is 4.10. The number of benzene rings is 1. The van der Waals surface area contributed by atoms with Crippen LogP contribution in [0.15, 0.2) is 30.6 Å². The Bertz CT molecular complexity index is 631. The molecule has 0 bridgehead atoms. The van der Waals surface area contributed by atoms with E-state index in [2.05, 4.69) is 15.3 Å². The Morgan fingerprint density at radius 2 is 2.05 bits per heavy atom. The molecule has 8 heteroatoms. The summed E-state index contributed by atoms with van der Waals surface area (Å²) < 4.78 is 10.4. The molecule has 0 amide bonds. The minimum absolute atomic E-state index is 0.0284. The Kier molecular flexibility index (Phi) is 4.62. The predicted molar refractivity (Wildman–Crippen MR) is 74.5 cm³/mol. The first-order valence-electron chi connectivity index (χ1n) is 6.10. The van der Waals surface area contributed by atoms with E-state index in [4.69, 9.17) is 9.47 Å². The fourth-order valence-corrected chi connectivity index (χ4v) is 1.64. The summed E-state index contributed by atoms with van der Waals surface area (Å²) in [5.74, 6) is 0.475. The topological polar surface area (TPSA) is 99.4 Å². The lowest BCUT2D eigenvalue weighted by Crippen LogP contribution is -2.06. The number of hydrogen-bond acceptors (Lipinski definition) is 7. The Morgan fingerprint density at radius 1 is 1.33 bits per heavy atom. The molecule has 2 aromatic rings. The van der Waals surface area contributed by atoms with Crippen LogP contribution in [-0.2, 0) is 6.54 Å². The van der Waals surface area contributed by atoms with Crippen molar-refractivity contribution in [2.75, 3.05) is 14.2 Å². The zero-order chi connectivity index (χ0) is 15.2. The van der Waals surface area contributed by atoms with Gasteiger partial charge in [0.25, 0.3) is 0 Å². The van der Waals surface area contributed by atoms with Crippen LogP contribution in [0.5, 0.6) is 17.5 Å². The van der Waals surface area contributed by atoms with Gasteiger partial charge in [0.05, 0.1) is 12.0 Å². The second kappa shape index (κ2) is 6.62. The molecule has 0 radical (unpaired) electrons. The summed E-state index contributed by atoms with van der Waals surface area (Å²) >= 11 is 0. The predicted octanol–water partition coefficient (Wildman–Crippen LogP) is 1.91. The molecule has 21 heavy (non-hydrogen) atoms. The lowest BCUT2D eigenvalue weighted by atomic mass is 10.3. The van der Waals surface area contributed by atoms with E-state index in [9.17, 15) is 10.1 Å². The molecule has 8 nitrogen and oxygen atoms in total. The van der Waals surface area contributed by atoms with Crippen molar-refractivity contribution < 1.29 is 14.4 Å². The zero-order valence-electron chi connectivity index (χ0n) is 11.6. The van der Waals surface area contributed by atoms with E-state index in [1.165, 1.54) is 25.3 Å². The highest BCUT2D eigenvalue weighted by Crippen LogP contribution is 2.33. The molecule has 1 aromatic carbocycles. The Hall–Kier alpha value is -2.74. The Morgan fingerprint density at radius 3 is 2.62 bits per heavy atom. The van der Waals surface area contributed by atoms with Crippen LogP contribution >= 0.6 is 0 Å². The number of nitrogens with zero attached hydrogens (tertiary/aromatic N) is 3. The largest absolute Gasteiger partial charge is 0.497 e. The summed E-state index contributed by atoms with van der Waals surface area (Å²) in [6.07, 6.45) is 3.18. The van der Waals surface area contributed by atoms with Gasteiger partial charge in [-0.2, -0.15) is 0 Å². The van der Waals surface area contributed by atoms with Crippen LogP contribution in [0.2, 0.25) is 0 Å². The van der Waals surface area contributed by atoms with Gasteiger partial charge in [-0.1, -0.05) is 0 Å². The first kappa shape index (κ1) is 14.7. The summed E-state index contributed by atoms with van der Waals surface area (Å²) in [5, 5.41) is 14.0. The summed E-state index contributed by atoms with van der Waals surface area (Å²) in [7, 11) is 3.28. The van der Waals surface area contributed by atoms with Crippen molar-refractivity contribution in [1.82, 2.24) is 15.3 Å². The quantitative estimate of drug-likeness (QED) is 0.640. The summed E-state index contributed by atoms with van der Waals surface area (Å²) in [6.45, 7) is 0.625. The van der Waals surface area contributed by atoms with E-state index < -0.39 is 4.92 Å². The number of nitrogens with one attached hydrogen (secondary N) is 1. The number of nitro groups is 1. The van der Waals surface area contributed by atoms with E-state index in [0.717, 1.165) is 5.56 Å². The molecule has 0 atom stereocenters. The minimum atomic E-state index is -0.538. The van der Waals surface area contributed by atoms with Crippen molar-refractivity contribution in [1.29, 1.82) is 0 Å². The molecule has 2 rings (SSSR count). The highest BCUT2D eigenvalue weighted by molar-refractivity contribution is 5.51. The van der Waals surface area contributed by atoms with Crippen molar-refractivity contribution in [3.8, 4) is 17.5 Å². The average molecular weight is 290 g/mol. The standard InChI is InChI=1S/C13H14N4O4/c1-14-6-9-7-15-13(16-8-9)21-12-5-10(20-2)3-4-11(12)17(18)19/h3-5,7-8,14H,6H2,1-2H3. The summed E-state index contributed by atoms with van der Waals surface area (Å²) in [6, 6.07) is 4.25. The van der Waals surface area contributed by atoms with Gasteiger partial charge in [-0.25, -0.2) is 9.97 Å². The van der Waals surface area contributed by atoms with E-state index in [1.54, 1.807) is 12.4 Å². The van der Waals surface area contributed by atoms with Gasteiger partial charge in [0.1, 0.15) is 5.75 Å². The number of methoxy groups -OCH3 is 1. The molecule has 0 saturated carbocycles. The lowest BCUT2D eigenvalue weighted by molar-refractivity contribution is -0.385. The fraction of sp³-hybridized carbons (Fsp3) is 0.231. The lowest BCUT2D eigenvalue weighted by Gasteiger charge is -2.07. The van der Waals surface area contributed by atoms with E-state index in [-0.39, 0.29) is 17.4 Å². The first-order chi connectivity index (χ1) is 10.1. The summed E-state index contributed by atoms with van der Waals surface area (Å²) in [5.41, 5.74) is 0.698. The van der Waals surface area contributed by atoms with Crippen molar-refractivity contribution in [2.24, 2.45) is 0 Å². The molecule has 1 N–H and O–H groups in total. The third kappa shape index (κ3) is 3.63. The van der Waals surface area contributed by atoms with Crippen LogP contribution in [0.3, 0.4) is 0 Å². The van der Waals surface area contributed by atoms with Crippen molar-refractivity contribution in [2.45, 2.75) is 6.54 Å². The molecule has 0 aliphatic carbocycles. The molecular formula is C13H14N4O4. The molecule has 1 aromatic heterocycles. The number of hydrogen-bond donors (Lipinski definition) is 1. The SMILES string of the molecule is CNCc1cnc(Oc2cc(OC)ccc2[N+](=O)[O-])nc1. The fourth-order valence-electron chi connectivity index (χ4n) is 1.64. The molecule has 110 valence electrons. The third-order valence-electron chi connectivity index (χ3n) is 2.63. The van der Waals surface area contributed by atoms with Gasteiger partial charge < -0.3 is 14.8 Å². The number of rotatable bonds is 6. The number of ether oxygens (including phenoxy) is 2. The maximum absolute atomic E-state index is 11.0. The van der Waals surface area contributed by atoms with Gasteiger partial charge in [0, 0.05) is 36.6 Å². The van der Waals surface area contributed by atoms with Gasteiger partial charge in [0.2, 0.25) is 5.75 Å². The van der Waals surface area contributed by atoms with Gasteiger partial charge in [-0.15, -0.1) is 0 Å². The molecule has 0 saturated heterocycles. The maximum Gasteiger partial charge on any atom is 0.322 e. The highest BCUT2D eigenvalue weighted by atomic mass is 16.6. The molecule has 0 aliphatic rings. The van der Waals surface area contributed by atoms with E-state index in [0.29, 0.717) is 12.3 Å². The van der Waals surface area contributed by atoms with Crippen LogP contribution < -0.4 is 14.8 Å². The normalized spacial score (nSPS) is 10.2. The maximum atomic E-state index is 11.0. The van der Waals surface area contributed by atoms with Gasteiger partial charge >= 0.3 is 11.7 Å². The first-order valence-corrected chi connectivity index (χ1v) is 6.10. The highest BCUT2D eigenvalue weighted by Gasteiger charge is 2.17. The van der Waals surface area contributed by atoms with Crippen LogP contribution in [-0.4, -0.2) is 29.0 Å². The Labute approximate surface area is 120 Å². The van der Waals surface area contributed by atoms with Crippen molar-refractivity contribution in [3.63, 3.8) is 0 Å². The monoisotopic (exact) mass is 290 g/mol. The molecule has 0 aliphatic heterocycles. The molecule has 0 fully saturated rings. The molecule has 0 spiro atoms. The number of aromatic nitrogens is 2. The number of nitro benzene ring substituents is 1. The molecule has 0 unspecified atom stereocenters. The zero-order valence-corrected chi connectivity index (χ0v) is 11.6. The van der Waals surface area contributed by atoms with Crippen LogP contribution in [0.25, 0.3) is 0 Å². The van der Waals surface area contributed by atoms with Crippen LogP contribution in [0.1, 0.15) is 5.56 Å². The minimum Gasteiger partial charge on any atom is -0.497 e. The van der Waals surface area contributed by atoms with E-state index >= 15 is 0 Å². The van der Waals surface area contributed by atoms with Crippen LogP contribution in [0, 0.1) is 10.1 Å². The van der Waals surface area contributed by atoms with Gasteiger partial charge in [-0.3, -0.25) is 10.1 Å². The van der Waals surface area contributed by atoms with Crippen molar-refractivity contribution in [3.05, 3.63) is 46.3 Å².